The Hall–Kier alpha value is -2.66. The number of halogens is 2. The van der Waals surface area contributed by atoms with Crippen molar-refractivity contribution >= 4 is 23.4 Å². The Morgan fingerprint density at radius 1 is 1.34 bits per heavy atom. The lowest BCUT2D eigenvalue weighted by Crippen LogP contribution is -2.60. The van der Waals surface area contributed by atoms with Crippen LogP contribution in [0.2, 0.25) is 5.02 Å². The molecule has 1 aromatic rings. The zero-order valence-electron chi connectivity index (χ0n) is 17.4. The van der Waals surface area contributed by atoms with Crippen molar-refractivity contribution in [1.82, 2.24) is 20.2 Å². The van der Waals surface area contributed by atoms with Crippen LogP contribution >= 0.6 is 11.6 Å². The molecule has 2 fully saturated rings. The third-order valence-electron chi connectivity index (χ3n) is 5.91. The molecule has 4 rings (SSSR count). The summed E-state index contributed by atoms with van der Waals surface area (Å²) in [6.07, 6.45) is 0.973. The maximum Gasteiger partial charge on any atom is 0.276 e. The van der Waals surface area contributed by atoms with Crippen molar-refractivity contribution in [1.29, 1.82) is 0 Å². The Morgan fingerprint density at radius 3 is 2.84 bits per heavy atom. The predicted octanol–water partition coefficient (Wildman–Crippen LogP) is 1.25. The molecule has 3 heterocycles. The molecule has 2 amide bonds. The number of ether oxygens (including phenoxy) is 1. The molecule has 3 N–H and O–H groups in total. The molecule has 3 aliphatic heterocycles. The van der Waals surface area contributed by atoms with Crippen LogP contribution < -0.4 is 5.32 Å². The van der Waals surface area contributed by atoms with Gasteiger partial charge in [0.05, 0.1) is 23.4 Å². The Morgan fingerprint density at radius 2 is 2.09 bits per heavy atom. The van der Waals surface area contributed by atoms with Crippen molar-refractivity contribution in [2.75, 3.05) is 26.9 Å². The number of fused-ring (bicyclic) bond motifs is 4. The summed E-state index contributed by atoms with van der Waals surface area (Å²) in [5, 5.41) is 26.9. The Balaban J connectivity index is 1.57. The van der Waals surface area contributed by atoms with Crippen molar-refractivity contribution in [3.63, 3.8) is 0 Å². The molecule has 0 radical (unpaired) electrons. The predicted molar refractivity (Wildman–Crippen MR) is 112 cm³/mol. The molecule has 0 aromatic heterocycles. The fraction of sp³-hybridized carbons (Fsp3) is 0.429. The van der Waals surface area contributed by atoms with Gasteiger partial charge in [0.1, 0.15) is 11.9 Å². The number of benzene rings is 1. The average molecular weight is 467 g/mol. The molecule has 1 aromatic carbocycles. The summed E-state index contributed by atoms with van der Waals surface area (Å²) in [4.78, 5) is 27.3. The number of carbonyl (C=O) groups is 2. The zero-order valence-corrected chi connectivity index (χ0v) is 18.2. The number of carbonyl (C=O) groups excluding carboxylic acids is 2. The highest BCUT2D eigenvalue weighted by Gasteiger charge is 2.43. The second-order valence-electron chi connectivity index (χ2n) is 7.84. The summed E-state index contributed by atoms with van der Waals surface area (Å²) in [5.41, 5.74) is -0.0762. The van der Waals surface area contributed by atoms with Gasteiger partial charge in [0, 0.05) is 38.5 Å². The number of rotatable bonds is 4. The van der Waals surface area contributed by atoms with Crippen LogP contribution in [0.25, 0.3) is 0 Å². The van der Waals surface area contributed by atoms with E-state index in [2.05, 4.69) is 5.32 Å². The maximum absolute atomic E-state index is 14.1. The molecule has 0 spiro atoms. The normalized spacial score (nSPS) is 25.7. The summed E-state index contributed by atoms with van der Waals surface area (Å²) in [7, 11) is 1.62. The minimum Gasteiger partial charge on any atom is -0.507 e. The van der Waals surface area contributed by atoms with Crippen molar-refractivity contribution in [2.24, 2.45) is 0 Å². The molecule has 32 heavy (non-hydrogen) atoms. The molecule has 2 bridgehead atoms. The lowest BCUT2D eigenvalue weighted by Gasteiger charge is -2.47. The van der Waals surface area contributed by atoms with E-state index in [4.69, 9.17) is 16.3 Å². The number of nitrogens with one attached hydrogen (secondary N) is 1. The number of nitrogens with zero attached hydrogens (tertiary/aromatic N) is 3. The molecule has 11 heteroatoms. The number of aliphatic hydroxyl groups excluding tert-OH is 2. The zero-order chi connectivity index (χ0) is 23.0. The summed E-state index contributed by atoms with van der Waals surface area (Å²) in [6.45, 7) is 1.06. The largest absolute Gasteiger partial charge is 0.507 e. The molecule has 3 unspecified atom stereocenters. The Bertz CT molecular complexity index is 1000. The van der Waals surface area contributed by atoms with Gasteiger partial charge in [0.15, 0.2) is 11.5 Å². The van der Waals surface area contributed by atoms with E-state index in [1.54, 1.807) is 23.1 Å². The van der Waals surface area contributed by atoms with Gasteiger partial charge in [-0.3, -0.25) is 14.6 Å². The number of hydrogen-bond acceptors (Lipinski definition) is 7. The molecular formula is C21H24ClFN4O5. The van der Waals surface area contributed by atoms with Gasteiger partial charge < -0.3 is 25.2 Å². The van der Waals surface area contributed by atoms with Crippen LogP contribution in [0.15, 0.2) is 41.4 Å². The molecule has 3 atom stereocenters. The molecule has 0 aliphatic carbocycles. The van der Waals surface area contributed by atoms with Crippen LogP contribution in [0, 0.1) is 5.82 Å². The first kappa shape index (κ1) is 22.5. The number of amides is 2. The highest BCUT2D eigenvalue weighted by molar-refractivity contribution is 6.30. The lowest BCUT2D eigenvalue weighted by molar-refractivity contribution is -0.150. The van der Waals surface area contributed by atoms with E-state index in [-0.39, 0.29) is 41.2 Å². The van der Waals surface area contributed by atoms with E-state index >= 15 is 0 Å². The Labute approximate surface area is 189 Å². The fourth-order valence-electron chi connectivity index (χ4n) is 4.04. The maximum atomic E-state index is 14.1. The first-order valence-corrected chi connectivity index (χ1v) is 10.6. The fourth-order valence-corrected chi connectivity index (χ4v) is 4.23. The standard InChI is InChI=1S/C21H24ClFN4O5/c1-32-13-5-7-25-11-26(8-6-13)27-10-14(18(28)19(29)17(27)21(25)31)20(30)24-9-12-3-2-4-15(22)16(12)23/h2-4,10,13,18,28-29H,5-9,11H2,1H3,(H,24,30). The molecule has 3 aliphatic rings. The highest BCUT2D eigenvalue weighted by Crippen LogP contribution is 2.32. The van der Waals surface area contributed by atoms with Crippen molar-refractivity contribution in [2.45, 2.75) is 31.6 Å². The third kappa shape index (κ3) is 4.06. The minimum absolute atomic E-state index is 0.0260. The Kier molecular flexibility index (Phi) is 6.38. The van der Waals surface area contributed by atoms with Gasteiger partial charge in [-0.25, -0.2) is 4.39 Å². The van der Waals surface area contributed by atoms with Crippen LogP contribution in [0.4, 0.5) is 4.39 Å². The lowest BCUT2D eigenvalue weighted by atomic mass is 10.0. The quantitative estimate of drug-likeness (QED) is 0.613. The van der Waals surface area contributed by atoms with Gasteiger partial charge in [-0.05, 0) is 18.9 Å². The monoisotopic (exact) mass is 466 g/mol. The number of methoxy groups -OCH3 is 1. The van der Waals surface area contributed by atoms with Crippen molar-refractivity contribution < 1.29 is 28.9 Å². The van der Waals surface area contributed by atoms with E-state index in [1.807, 2.05) is 0 Å². The van der Waals surface area contributed by atoms with Crippen LogP contribution in [0.5, 0.6) is 0 Å². The van der Waals surface area contributed by atoms with E-state index in [9.17, 15) is 24.2 Å². The first-order chi connectivity index (χ1) is 15.3. The van der Waals surface area contributed by atoms with Crippen molar-refractivity contribution in [3.05, 3.63) is 57.8 Å². The summed E-state index contributed by atoms with van der Waals surface area (Å²) < 4.78 is 19.6. The minimum atomic E-state index is -1.69. The smallest absolute Gasteiger partial charge is 0.276 e. The van der Waals surface area contributed by atoms with E-state index in [0.29, 0.717) is 25.9 Å². The second-order valence-corrected chi connectivity index (χ2v) is 8.24. The SMILES string of the molecule is COC1CCN2CN(CC1)N1C=C(C(=O)NCc3cccc(Cl)c3F)C(O)C(O)=C1C2=O. The molecule has 0 saturated carbocycles. The highest BCUT2D eigenvalue weighted by atomic mass is 35.5. The van der Waals surface area contributed by atoms with E-state index in [1.165, 1.54) is 23.3 Å². The van der Waals surface area contributed by atoms with Crippen LogP contribution in [-0.2, 0) is 20.9 Å². The van der Waals surface area contributed by atoms with Gasteiger partial charge in [-0.15, -0.1) is 0 Å². The van der Waals surface area contributed by atoms with Crippen LogP contribution in [-0.4, -0.2) is 76.0 Å². The third-order valence-corrected chi connectivity index (χ3v) is 6.20. The van der Waals surface area contributed by atoms with Gasteiger partial charge in [-0.2, -0.15) is 5.01 Å². The summed E-state index contributed by atoms with van der Waals surface area (Å²) >= 11 is 5.77. The van der Waals surface area contributed by atoms with Gasteiger partial charge in [-0.1, -0.05) is 23.7 Å². The van der Waals surface area contributed by atoms with Gasteiger partial charge in [0.2, 0.25) is 0 Å². The number of hydrogen-bond donors (Lipinski definition) is 3. The topological polar surface area (TPSA) is 106 Å². The summed E-state index contributed by atoms with van der Waals surface area (Å²) in [6, 6.07) is 4.43. The van der Waals surface area contributed by atoms with E-state index in [0.717, 1.165) is 0 Å². The first-order valence-electron chi connectivity index (χ1n) is 10.2. The van der Waals surface area contributed by atoms with Crippen LogP contribution in [0.3, 0.4) is 0 Å². The van der Waals surface area contributed by atoms with Crippen LogP contribution in [0.1, 0.15) is 18.4 Å². The summed E-state index contributed by atoms with van der Waals surface area (Å²) in [5.74, 6) is -2.40. The molecular weight excluding hydrogens is 443 g/mol. The number of hydrazine groups is 1. The molecule has 172 valence electrons. The second kappa shape index (κ2) is 9.07. The van der Waals surface area contributed by atoms with Gasteiger partial charge >= 0.3 is 0 Å². The molecule has 2 saturated heterocycles. The molecule has 9 nitrogen and oxygen atoms in total. The number of aliphatic hydroxyl groups is 2. The van der Waals surface area contributed by atoms with Gasteiger partial charge in [0.25, 0.3) is 11.8 Å². The van der Waals surface area contributed by atoms with Crippen molar-refractivity contribution in [3.8, 4) is 0 Å². The average Bonchev–Trinajstić information content (AvgIpc) is 2.76. The van der Waals surface area contributed by atoms with E-state index < -0.39 is 29.5 Å².